The van der Waals surface area contributed by atoms with Crippen LogP contribution in [0.5, 0.6) is 5.75 Å². The third kappa shape index (κ3) is 11.1. The molecule has 0 spiro atoms. The van der Waals surface area contributed by atoms with Gasteiger partial charge in [-0.3, -0.25) is 24.3 Å². The number of rotatable bonds is 8. The number of nitrogens with zero attached hydrogens (tertiary/aromatic N) is 5. The number of allylic oxidation sites excluding steroid dienone is 3. The number of ether oxygens (including phenoxy) is 1. The normalized spacial score (nSPS) is 11.8. The van der Waals surface area contributed by atoms with E-state index in [4.69, 9.17) is 16.3 Å². The fourth-order valence-electron chi connectivity index (χ4n) is 3.12. The van der Waals surface area contributed by atoms with Gasteiger partial charge < -0.3 is 9.53 Å². The molecule has 0 saturated heterocycles. The summed E-state index contributed by atoms with van der Waals surface area (Å²) >= 11 is 6.19. The molecular weight excluding hydrogens is 557 g/mol. The molecule has 0 bridgehead atoms. The van der Waals surface area contributed by atoms with Crippen LogP contribution in [0.4, 0.5) is 4.39 Å². The van der Waals surface area contributed by atoms with Gasteiger partial charge in [-0.15, -0.1) is 0 Å². The van der Waals surface area contributed by atoms with Crippen molar-refractivity contribution in [3.8, 4) is 11.4 Å². The van der Waals surface area contributed by atoms with Gasteiger partial charge in [-0.25, -0.2) is 9.38 Å². The van der Waals surface area contributed by atoms with E-state index in [1.165, 1.54) is 24.2 Å². The van der Waals surface area contributed by atoms with Crippen molar-refractivity contribution in [2.24, 2.45) is 20.4 Å². The number of aryl methyl sites for hydroxylation is 2. The number of pyridine rings is 2. The predicted octanol–water partition coefficient (Wildman–Crippen LogP) is 7.62. The van der Waals surface area contributed by atoms with Gasteiger partial charge in [-0.1, -0.05) is 45.0 Å². The molecular formula is C32H43ClFN5O3. The second kappa shape index (κ2) is 18.5. The smallest absolute Gasteiger partial charge is 0.277 e. The van der Waals surface area contributed by atoms with Gasteiger partial charge in [-0.2, -0.15) is 0 Å². The summed E-state index contributed by atoms with van der Waals surface area (Å²) in [7, 11) is 3.03. The summed E-state index contributed by atoms with van der Waals surface area (Å²) in [4.78, 5) is 41.1. The number of aromatic nitrogens is 2. The van der Waals surface area contributed by atoms with E-state index >= 15 is 0 Å². The van der Waals surface area contributed by atoms with Gasteiger partial charge in [0.05, 0.1) is 35.8 Å². The molecule has 0 aromatic carbocycles. The summed E-state index contributed by atoms with van der Waals surface area (Å²) in [6.07, 6.45) is 7.47. The molecule has 10 heteroatoms. The van der Waals surface area contributed by atoms with Crippen LogP contribution in [0.25, 0.3) is 5.69 Å². The molecule has 0 atom stereocenters. The van der Waals surface area contributed by atoms with E-state index in [2.05, 4.69) is 47.0 Å². The quantitative estimate of drug-likeness (QED) is 0.135. The maximum Gasteiger partial charge on any atom is 0.277 e. The third-order valence-electron chi connectivity index (χ3n) is 5.24. The van der Waals surface area contributed by atoms with E-state index in [0.717, 1.165) is 29.8 Å². The van der Waals surface area contributed by atoms with Crippen LogP contribution in [0.3, 0.4) is 0 Å². The Morgan fingerprint density at radius 2 is 1.79 bits per heavy atom. The maximum absolute atomic E-state index is 12.9. The first kappa shape index (κ1) is 38.0. The molecule has 228 valence electrons. The zero-order chi connectivity index (χ0) is 32.6. The van der Waals surface area contributed by atoms with Crippen LogP contribution < -0.4 is 10.3 Å². The van der Waals surface area contributed by atoms with Crippen LogP contribution in [-0.2, 0) is 4.79 Å². The van der Waals surface area contributed by atoms with E-state index in [0.29, 0.717) is 34.4 Å². The SMILES string of the molecule is C=C/C(F)=C\N=C(C)C.C=CC(=NC(=NC)C(C)(C)C=O)c1cc(-n2c(C)cc(OC)c(Cl)c2=O)c(C)cn1.CCC. The van der Waals surface area contributed by atoms with Gasteiger partial charge in [0.25, 0.3) is 5.56 Å². The second-order valence-electron chi connectivity index (χ2n) is 9.75. The Labute approximate surface area is 254 Å². The first-order valence-corrected chi connectivity index (χ1v) is 13.6. The maximum atomic E-state index is 12.9. The van der Waals surface area contributed by atoms with Crippen molar-refractivity contribution in [2.75, 3.05) is 14.2 Å². The van der Waals surface area contributed by atoms with E-state index in [1.807, 2.05) is 6.92 Å². The van der Waals surface area contributed by atoms with Gasteiger partial charge in [-0.05, 0) is 65.3 Å². The number of carbonyl (C=O) groups excluding carboxylic acids is 1. The molecule has 8 nitrogen and oxygen atoms in total. The average Bonchev–Trinajstić information content (AvgIpc) is 2.96. The van der Waals surface area contributed by atoms with Crippen molar-refractivity contribution in [2.45, 2.75) is 61.8 Å². The van der Waals surface area contributed by atoms with Gasteiger partial charge in [0, 0.05) is 30.7 Å². The summed E-state index contributed by atoms with van der Waals surface area (Å²) in [5, 5.41) is -0.00777. The number of halogens is 2. The first-order chi connectivity index (χ1) is 19.7. The lowest BCUT2D eigenvalue weighted by Gasteiger charge is -2.18. The Balaban J connectivity index is 0.00000118. The van der Waals surface area contributed by atoms with Crippen molar-refractivity contribution >= 4 is 35.1 Å². The predicted molar refractivity (Wildman–Crippen MR) is 175 cm³/mol. The minimum atomic E-state index is -0.867. The van der Waals surface area contributed by atoms with Gasteiger partial charge in [0.15, 0.2) is 0 Å². The Morgan fingerprint density at radius 3 is 2.24 bits per heavy atom. The van der Waals surface area contributed by atoms with Crippen molar-refractivity contribution < 1.29 is 13.9 Å². The van der Waals surface area contributed by atoms with E-state index < -0.39 is 16.8 Å². The molecule has 2 heterocycles. The van der Waals surface area contributed by atoms with Crippen molar-refractivity contribution in [1.29, 1.82) is 0 Å². The number of aldehydes is 1. The number of carbonyl (C=O) groups is 1. The molecule has 0 aliphatic rings. The highest BCUT2D eigenvalue weighted by Crippen LogP contribution is 2.24. The second-order valence-corrected chi connectivity index (χ2v) is 10.1. The summed E-state index contributed by atoms with van der Waals surface area (Å²) in [5.41, 5.74) is 2.49. The molecule has 2 aromatic rings. The van der Waals surface area contributed by atoms with Crippen LogP contribution in [0.15, 0.2) is 75.4 Å². The molecule has 0 saturated carbocycles. The lowest BCUT2D eigenvalue weighted by Crippen LogP contribution is -2.26. The molecule has 0 aliphatic carbocycles. The lowest BCUT2D eigenvalue weighted by atomic mass is 9.94. The highest BCUT2D eigenvalue weighted by Gasteiger charge is 2.24. The monoisotopic (exact) mass is 599 g/mol. The van der Waals surface area contributed by atoms with Gasteiger partial charge in [0.1, 0.15) is 28.7 Å². The largest absolute Gasteiger partial charge is 0.495 e. The molecule has 0 fully saturated rings. The molecule has 0 N–H and O–H groups in total. The number of aliphatic imine (C=N–C) groups is 3. The van der Waals surface area contributed by atoms with E-state index in [1.54, 1.807) is 60.0 Å². The minimum absolute atomic E-state index is 0.00777. The van der Waals surface area contributed by atoms with Crippen LogP contribution in [0, 0.1) is 19.3 Å². The van der Waals surface area contributed by atoms with E-state index in [-0.39, 0.29) is 5.02 Å². The van der Waals surface area contributed by atoms with Crippen molar-refractivity contribution in [1.82, 2.24) is 9.55 Å². The summed E-state index contributed by atoms with van der Waals surface area (Å²) in [5.74, 6) is 0.254. The molecule has 0 aliphatic heterocycles. The van der Waals surface area contributed by atoms with Gasteiger partial charge >= 0.3 is 0 Å². The zero-order valence-corrected chi connectivity index (χ0v) is 27.1. The fraction of sp³-hybridized carbons (Fsp3) is 0.375. The molecule has 2 rings (SSSR count). The van der Waals surface area contributed by atoms with Crippen LogP contribution in [-0.4, -0.2) is 47.3 Å². The third-order valence-corrected chi connectivity index (χ3v) is 5.59. The highest BCUT2D eigenvalue weighted by molar-refractivity contribution is 6.31. The lowest BCUT2D eigenvalue weighted by molar-refractivity contribution is -0.112. The molecule has 0 amide bonds. The average molecular weight is 600 g/mol. The zero-order valence-electron chi connectivity index (χ0n) is 26.4. The molecule has 0 radical (unpaired) electrons. The summed E-state index contributed by atoms with van der Waals surface area (Å²) in [6, 6.07) is 3.43. The minimum Gasteiger partial charge on any atom is -0.495 e. The fourth-order valence-corrected chi connectivity index (χ4v) is 3.34. The molecule has 0 unspecified atom stereocenters. The Kier molecular flexibility index (Phi) is 16.7. The van der Waals surface area contributed by atoms with Crippen LogP contribution >= 0.6 is 11.6 Å². The Morgan fingerprint density at radius 1 is 1.19 bits per heavy atom. The number of methoxy groups -OCH3 is 1. The Bertz CT molecular complexity index is 1430. The number of amidine groups is 1. The van der Waals surface area contributed by atoms with Crippen molar-refractivity contribution in [3.63, 3.8) is 0 Å². The highest BCUT2D eigenvalue weighted by atomic mass is 35.5. The Hall–Kier alpha value is -3.98. The standard InChI is InChI=1S/C22H25ClN4O3.C7H10FN.C3H8/c1-8-15(26-21(24-6)22(4,5)12-28)16-10-17(13(2)11-25-16)27-14(3)9-18(30-7)19(23)20(27)29;1-4-7(8)5-9-6(2)3;1-3-2/h8-12H,1H2,2-7H3;4-5H,1H2,2-3H3;3H2,1-2H3/b;7-5+;. The summed E-state index contributed by atoms with van der Waals surface area (Å²) < 4.78 is 18.8. The molecule has 2 aromatic heterocycles. The number of hydrogen-bond acceptors (Lipinski definition) is 6. The van der Waals surface area contributed by atoms with Crippen LogP contribution in [0.1, 0.15) is 64.9 Å². The van der Waals surface area contributed by atoms with Crippen molar-refractivity contribution in [3.05, 3.63) is 88.0 Å². The summed E-state index contributed by atoms with van der Waals surface area (Å²) in [6.45, 7) is 22.0. The number of hydrogen-bond donors (Lipinski definition) is 0. The van der Waals surface area contributed by atoms with Crippen LogP contribution in [0.2, 0.25) is 5.02 Å². The topological polar surface area (TPSA) is 98.3 Å². The molecule has 42 heavy (non-hydrogen) atoms. The van der Waals surface area contributed by atoms with Gasteiger partial charge in [0.2, 0.25) is 0 Å². The van der Waals surface area contributed by atoms with E-state index in [9.17, 15) is 14.0 Å². The first-order valence-electron chi connectivity index (χ1n) is 13.3.